The molecule has 0 saturated heterocycles. The maximum Gasteiger partial charge on any atom is 0.407 e. The van der Waals surface area contributed by atoms with E-state index in [1.54, 1.807) is 6.92 Å². The fourth-order valence-corrected chi connectivity index (χ4v) is 0.575. The van der Waals surface area contributed by atoms with Crippen molar-refractivity contribution in [3.63, 3.8) is 0 Å². The van der Waals surface area contributed by atoms with Gasteiger partial charge in [-0.1, -0.05) is 13.8 Å². The summed E-state index contributed by atoms with van der Waals surface area (Å²) in [6.07, 6.45) is -0.448. The summed E-state index contributed by atoms with van der Waals surface area (Å²) in [5, 5.41) is 10.9. The molecule has 4 nitrogen and oxygen atoms in total. The Labute approximate surface area is 78.9 Å². The van der Waals surface area contributed by atoms with Gasteiger partial charge in [-0.3, -0.25) is 0 Å². The molecule has 0 aromatic rings. The number of rotatable bonds is 4. The van der Waals surface area contributed by atoms with E-state index in [1.165, 1.54) is 0 Å². The van der Waals surface area contributed by atoms with Crippen molar-refractivity contribution in [3.05, 3.63) is 0 Å². The number of carbonyl (C=O) groups excluding carboxylic acids is 1. The molecule has 0 spiro atoms. The van der Waals surface area contributed by atoms with Crippen LogP contribution >= 0.6 is 0 Å². The maximum atomic E-state index is 10.9. The van der Waals surface area contributed by atoms with Crippen molar-refractivity contribution in [2.45, 2.75) is 20.8 Å². The normalized spacial score (nSPS) is 11.9. The molecule has 0 aliphatic carbocycles. The molecule has 4 heteroatoms. The Morgan fingerprint density at radius 1 is 1.54 bits per heavy atom. The molecule has 1 amide bonds. The lowest BCUT2D eigenvalue weighted by Gasteiger charge is -2.08. The Bertz CT molecular complexity index is 196. The van der Waals surface area contributed by atoms with Gasteiger partial charge in [-0.25, -0.2) is 4.79 Å². The predicted molar refractivity (Wildman–Crippen MR) is 49.0 cm³/mol. The molecule has 0 fully saturated rings. The van der Waals surface area contributed by atoms with Crippen LogP contribution < -0.4 is 5.32 Å². The summed E-state index contributed by atoms with van der Waals surface area (Å²) in [5.41, 5.74) is 0. The molecule has 0 heterocycles. The van der Waals surface area contributed by atoms with Crippen molar-refractivity contribution in [2.75, 3.05) is 13.2 Å². The number of carbonyl (C=O) groups is 1. The lowest BCUT2D eigenvalue weighted by atomic mass is 10.2. The highest BCUT2D eigenvalue weighted by molar-refractivity contribution is 5.67. The number of nitrogens with one attached hydrogen (secondary N) is 1. The third kappa shape index (κ3) is 7.13. The third-order valence-electron chi connectivity index (χ3n) is 1.32. The molecule has 0 aliphatic rings. The molecule has 1 unspecified atom stereocenters. The van der Waals surface area contributed by atoms with Gasteiger partial charge in [0.15, 0.2) is 0 Å². The monoisotopic (exact) mass is 184 g/mol. The minimum atomic E-state index is -0.448. The summed E-state index contributed by atoms with van der Waals surface area (Å²) in [6, 6.07) is 2.01. The molecule has 0 bridgehead atoms. The van der Waals surface area contributed by atoms with Gasteiger partial charge in [0, 0.05) is 6.54 Å². The highest BCUT2D eigenvalue weighted by atomic mass is 16.5. The zero-order valence-corrected chi connectivity index (χ0v) is 8.33. The van der Waals surface area contributed by atoms with E-state index in [2.05, 4.69) is 5.32 Å². The van der Waals surface area contributed by atoms with Crippen LogP contribution in [0.4, 0.5) is 4.79 Å². The van der Waals surface area contributed by atoms with Gasteiger partial charge in [0.1, 0.15) is 0 Å². The van der Waals surface area contributed by atoms with E-state index < -0.39 is 6.09 Å². The van der Waals surface area contributed by atoms with Crippen LogP contribution in [0.15, 0.2) is 0 Å². The number of alkyl carbamates (subject to hydrolysis) is 1. The Morgan fingerprint density at radius 2 is 2.15 bits per heavy atom. The molecule has 13 heavy (non-hydrogen) atoms. The molecule has 74 valence electrons. The van der Waals surface area contributed by atoms with E-state index in [-0.39, 0.29) is 5.92 Å². The van der Waals surface area contributed by atoms with Crippen LogP contribution in [0.3, 0.4) is 0 Å². The third-order valence-corrected chi connectivity index (χ3v) is 1.32. The largest absolute Gasteiger partial charge is 0.449 e. The lowest BCUT2D eigenvalue weighted by molar-refractivity contribution is 0.132. The Balaban J connectivity index is 3.47. The summed E-state index contributed by atoms with van der Waals surface area (Å²) >= 11 is 0. The first kappa shape index (κ1) is 11.8. The first-order valence-corrected chi connectivity index (χ1v) is 4.36. The topological polar surface area (TPSA) is 62.1 Å². The van der Waals surface area contributed by atoms with Crippen LogP contribution in [-0.2, 0) is 4.74 Å². The van der Waals surface area contributed by atoms with Crippen LogP contribution in [0, 0.1) is 23.2 Å². The van der Waals surface area contributed by atoms with Gasteiger partial charge in [-0.2, -0.15) is 5.26 Å². The van der Waals surface area contributed by atoms with Crippen LogP contribution in [0.5, 0.6) is 0 Å². The first-order valence-electron chi connectivity index (χ1n) is 4.36. The molecule has 0 radical (unpaired) electrons. The van der Waals surface area contributed by atoms with Crippen LogP contribution in [0.25, 0.3) is 0 Å². The molecule has 0 aromatic carbocycles. The lowest BCUT2D eigenvalue weighted by Crippen LogP contribution is -2.29. The fraction of sp³-hybridized carbons (Fsp3) is 0.778. The molecular weight excluding hydrogens is 168 g/mol. The smallest absolute Gasteiger partial charge is 0.407 e. The van der Waals surface area contributed by atoms with Gasteiger partial charge >= 0.3 is 6.09 Å². The number of ether oxygens (including phenoxy) is 1. The Kier molecular flexibility index (Phi) is 5.69. The van der Waals surface area contributed by atoms with Crippen molar-refractivity contribution in [3.8, 4) is 6.07 Å². The molecule has 0 rings (SSSR count). The van der Waals surface area contributed by atoms with E-state index in [1.807, 2.05) is 19.9 Å². The standard InChI is InChI=1S/C9H16N2O2/c1-7(2)6-13-9(12)11-5-8(3)4-10/h7-8H,5-6H2,1-3H3,(H,11,12). The van der Waals surface area contributed by atoms with Crippen LogP contribution in [0.2, 0.25) is 0 Å². The molecule has 1 atom stereocenters. The number of nitrogens with zero attached hydrogens (tertiary/aromatic N) is 1. The highest BCUT2D eigenvalue weighted by Gasteiger charge is 2.05. The van der Waals surface area contributed by atoms with Gasteiger partial charge in [-0.15, -0.1) is 0 Å². The Morgan fingerprint density at radius 3 is 2.62 bits per heavy atom. The minimum Gasteiger partial charge on any atom is -0.449 e. The molecular formula is C9H16N2O2. The predicted octanol–water partition coefficient (Wildman–Crippen LogP) is 1.53. The summed E-state index contributed by atoms with van der Waals surface area (Å²) in [4.78, 5) is 10.9. The molecule has 1 N–H and O–H groups in total. The van der Waals surface area contributed by atoms with Crippen molar-refractivity contribution < 1.29 is 9.53 Å². The second-order valence-corrected chi connectivity index (χ2v) is 3.40. The highest BCUT2D eigenvalue weighted by Crippen LogP contribution is 1.93. The van der Waals surface area contributed by atoms with Crippen molar-refractivity contribution in [2.24, 2.45) is 11.8 Å². The average molecular weight is 184 g/mol. The quantitative estimate of drug-likeness (QED) is 0.720. The zero-order valence-electron chi connectivity index (χ0n) is 8.33. The maximum absolute atomic E-state index is 10.9. The van der Waals surface area contributed by atoms with E-state index in [9.17, 15) is 4.79 Å². The van der Waals surface area contributed by atoms with Gasteiger partial charge in [0.05, 0.1) is 18.6 Å². The van der Waals surface area contributed by atoms with Gasteiger partial charge in [0.25, 0.3) is 0 Å². The summed E-state index contributed by atoms with van der Waals surface area (Å²) in [6.45, 7) is 6.42. The Hall–Kier alpha value is -1.24. The van der Waals surface area contributed by atoms with E-state index in [0.29, 0.717) is 19.1 Å². The number of hydrogen-bond donors (Lipinski definition) is 1. The first-order chi connectivity index (χ1) is 6.06. The van der Waals surface area contributed by atoms with Crippen molar-refractivity contribution in [1.82, 2.24) is 5.32 Å². The summed E-state index contributed by atoms with van der Waals surface area (Å²) in [7, 11) is 0. The second-order valence-electron chi connectivity index (χ2n) is 3.40. The second kappa shape index (κ2) is 6.30. The van der Waals surface area contributed by atoms with E-state index >= 15 is 0 Å². The van der Waals surface area contributed by atoms with E-state index in [0.717, 1.165) is 0 Å². The minimum absolute atomic E-state index is 0.174. The molecule has 0 aliphatic heterocycles. The van der Waals surface area contributed by atoms with Gasteiger partial charge in [-0.05, 0) is 12.8 Å². The van der Waals surface area contributed by atoms with Gasteiger partial charge < -0.3 is 10.1 Å². The van der Waals surface area contributed by atoms with E-state index in [4.69, 9.17) is 10.00 Å². The number of amides is 1. The van der Waals surface area contributed by atoms with Gasteiger partial charge in [0.2, 0.25) is 0 Å². The van der Waals surface area contributed by atoms with Crippen LogP contribution in [-0.4, -0.2) is 19.2 Å². The fourth-order valence-electron chi connectivity index (χ4n) is 0.575. The SMILES string of the molecule is CC(C)COC(=O)NCC(C)C#N. The summed E-state index contributed by atoms with van der Waals surface area (Å²) in [5.74, 6) is 0.158. The number of nitriles is 1. The zero-order chi connectivity index (χ0) is 10.3. The van der Waals surface area contributed by atoms with Crippen LogP contribution in [0.1, 0.15) is 20.8 Å². The number of hydrogen-bond acceptors (Lipinski definition) is 3. The molecule has 0 aromatic heterocycles. The molecule has 0 saturated carbocycles. The van der Waals surface area contributed by atoms with Crippen molar-refractivity contribution in [1.29, 1.82) is 5.26 Å². The summed E-state index contributed by atoms with van der Waals surface area (Å²) < 4.78 is 4.84. The van der Waals surface area contributed by atoms with Crippen molar-refractivity contribution >= 4 is 6.09 Å². The average Bonchev–Trinajstić information content (AvgIpc) is 2.10.